The first-order chi connectivity index (χ1) is 8.72. The third kappa shape index (κ3) is 2.78. The molecule has 3 nitrogen and oxygen atoms in total. The van der Waals surface area contributed by atoms with Crippen molar-refractivity contribution in [1.29, 1.82) is 0 Å². The van der Waals surface area contributed by atoms with Gasteiger partial charge in [-0.2, -0.15) is 0 Å². The quantitative estimate of drug-likeness (QED) is 0.903. The topological polar surface area (TPSA) is 44.5 Å². The highest BCUT2D eigenvalue weighted by Crippen LogP contribution is 2.26. The van der Waals surface area contributed by atoms with Gasteiger partial charge in [0.25, 0.3) is 0 Å². The zero-order valence-electron chi connectivity index (χ0n) is 10.0. The molecule has 0 aliphatic heterocycles. The predicted molar refractivity (Wildman–Crippen MR) is 67.4 cm³/mol. The molecule has 94 valence electrons. The molecule has 0 spiro atoms. The van der Waals surface area contributed by atoms with Crippen LogP contribution in [-0.4, -0.2) is 7.11 Å². The molecule has 2 N–H and O–H groups in total. The number of hydrogen-bond donors (Lipinski definition) is 1. The molecular formula is C14H14FNO2. The van der Waals surface area contributed by atoms with Crippen LogP contribution in [0.15, 0.2) is 42.5 Å². The van der Waals surface area contributed by atoms with Gasteiger partial charge in [0, 0.05) is 6.54 Å². The Morgan fingerprint density at radius 1 is 1.06 bits per heavy atom. The van der Waals surface area contributed by atoms with Gasteiger partial charge in [0.15, 0.2) is 11.6 Å². The molecule has 0 aliphatic rings. The minimum Gasteiger partial charge on any atom is -0.497 e. The molecule has 0 heterocycles. The molecule has 0 saturated carbocycles. The molecule has 4 heteroatoms. The second-order valence-electron chi connectivity index (χ2n) is 3.75. The van der Waals surface area contributed by atoms with Crippen LogP contribution in [-0.2, 0) is 6.54 Å². The molecule has 0 atom stereocenters. The molecule has 0 amide bonds. The van der Waals surface area contributed by atoms with E-state index in [1.807, 2.05) is 0 Å². The van der Waals surface area contributed by atoms with Gasteiger partial charge in [-0.3, -0.25) is 0 Å². The van der Waals surface area contributed by atoms with Crippen LogP contribution in [0, 0.1) is 5.82 Å². The Kier molecular flexibility index (Phi) is 3.79. The molecule has 0 saturated heterocycles. The number of halogens is 1. The number of benzene rings is 2. The van der Waals surface area contributed by atoms with Crippen LogP contribution in [0.5, 0.6) is 17.2 Å². The van der Waals surface area contributed by atoms with Gasteiger partial charge in [0.05, 0.1) is 7.11 Å². The number of hydrogen-bond acceptors (Lipinski definition) is 3. The minimum atomic E-state index is -0.422. The summed E-state index contributed by atoms with van der Waals surface area (Å²) in [4.78, 5) is 0. The van der Waals surface area contributed by atoms with E-state index in [0.29, 0.717) is 12.3 Å². The highest BCUT2D eigenvalue weighted by atomic mass is 19.1. The molecule has 0 radical (unpaired) electrons. The summed E-state index contributed by atoms with van der Waals surface area (Å²) < 4.78 is 24.1. The van der Waals surface area contributed by atoms with E-state index >= 15 is 0 Å². The maximum atomic E-state index is 13.7. The first kappa shape index (κ1) is 12.4. The Morgan fingerprint density at radius 2 is 1.72 bits per heavy atom. The normalized spacial score (nSPS) is 10.2. The lowest BCUT2D eigenvalue weighted by Crippen LogP contribution is -1.97. The fraction of sp³-hybridized carbons (Fsp3) is 0.143. The Morgan fingerprint density at radius 3 is 2.28 bits per heavy atom. The minimum absolute atomic E-state index is 0.178. The molecule has 0 fully saturated rings. The van der Waals surface area contributed by atoms with Gasteiger partial charge < -0.3 is 15.2 Å². The highest BCUT2D eigenvalue weighted by molar-refractivity contribution is 5.37. The molecule has 0 bridgehead atoms. The molecule has 0 aliphatic carbocycles. The molecule has 2 aromatic rings. The summed E-state index contributed by atoms with van der Waals surface area (Å²) in [5, 5.41) is 0. The fourth-order valence-electron chi connectivity index (χ4n) is 1.52. The summed E-state index contributed by atoms with van der Waals surface area (Å²) in [5.41, 5.74) is 6.16. The van der Waals surface area contributed by atoms with Gasteiger partial charge in [-0.15, -0.1) is 0 Å². The molecule has 0 unspecified atom stereocenters. The summed E-state index contributed by atoms with van der Waals surface area (Å²) in [7, 11) is 1.58. The van der Waals surface area contributed by atoms with Crippen molar-refractivity contribution in [3.05, 3.63) is 53.8 Å². The van der Waals surface area contributed by atoms with Crippen LogP contribution in [0.1, 0.15) is 5.56 Å². The van der Waals surface area contributed by atoms with Crippen molar-refractivity contribution in [3.8, 4) is 17.2 Å². The van der Waals surface area contributed by atoms with Crippen LogP contribution in [0.4, 0.5) is 4.39 Å². The monoisotopic (exact) mass is 247 g/mol. The van der Waals surface area contributed by atoms with E-state index in [4.69, 9.17) is 15.2 Å². The van der Waals surface area contributed by atoms with Crippen molar-refractivity contribution in [2.75, 3.05) is 7.11 Å². The largest absolute Gasteiger partial charge is 0.497 e. The van der Waals surface area contributed by atoms with E-state index in [0.717, 1.165) is 11.3 Å². The van der Waals surface area contributed by atoms with Gasteiger partial charge in [-0.05, 0) is 42.0 Å². The fourth-order valence-corrected chi connectivity index (χ4v) is 1.52. The zero-order chi connectivity index (χ0) is 13.0. The van der Waals surface area contributed by atoms with Crippen LogP contribution in [0.3, 0.4) is 0 Å². The number of methoxy groups -OCH3 is 1. The Hall–Kier alpha value is -2.07. The predicted octanol–water partition coefficient (Wildman–Crippen LogP) is 3.09. The maximum absolute atomic E-state index is 13.7. The third-order valence-corrected chi connectivity index (χ3v) is 2.52. The van der Waals surface area contributed by atoms with Gasteiger partial charge in [0.2, 0.25) is 0 Å². The van der Waals surface area contributed by atoms with E-state index in [1.165, 1.54) is 6.07 Å². The first-order valence-electron chi connectivity index (χ1n) is 5.53. The van der Waals surface area contributed by atoms with Gasteiger partial charge in [0.1, 0.15) is 11.5 Å². The van der Waals surface area contributed by atoms with E-state index in [-0.39, 0.29) is 5.75 Å². The first-order valence-corrected chi connectivity index (χ1v) is 5.53. The van der Waals surface area contributed by atoms with Gasteiger partial charge in [-0.1, -0.05) is 6.07 Å². The van der Waals surface area contributed by atoms with Crippen molar-refractivity contribution in [3.63, 3.8) is 0 Å². The van der Waals surface area contributed by atoms with E-state index in [2.05, 4.69) is 0 Å². The van der Waals surface area contributed by atoms with Crippen LogP contribution < -0.4 is 15.2 Å². The number of nitrogens with two attached hydrogens (primary N) is 1. The second kappa shape index (κ2) is 5.51. The van der Waals surface area contributed by atoms with Crippen LogP contribution in [0.25, 0.3) is 0 Å². The lowest BCUT2D eigenvalue weighted by atomic mass is 10.2. The van der Waals surface area contributed by atoms with Crippen LogP contribution >= 0.6 is 0 Å². The van der Waals surface area contributed by atoms with Crippen molar-refractivity contribution in [1.82, 2.24) is 0 Å². The lowest BCUT2D eigenvalue weighted by molar-refractivity contribution is 0.411. The second-order valence-corrected chi connectivity index (χ2v) is 3.75. The third-order valence-electron chi connectivity index (χ3n) is 2.52. The van der Waals surface area contributed by atoms with Gasteiger partial charge in [-0.25, -0.2) is 4.39 Å². The molecule has 2 aromatic carbocycles. The average molecular weight is 247 g/mol. The summed E-state index contributed by atoms with van der Waals surface area (Å²) >= 11 is 0. The Balaban J connectivity index is 2.17. The summed E-state index contributed by atoms with van der Waals surface area (Å²) in [6, 6.07) is 11.6. The number of rotatable bonds is 4. The highest BCUT2D eigenvalue weighted by Gasteiger charge is 2.05. The van der Waals surface area contributed by atoms with Crippen molar-refractivity contribution in [2.24, 2.45) is 5.73 Å². The standard InChI is InChI=1S/C14H14FNO2/c1-17-11-3-5-12(6-4-11)18-14-7-2-10(9-16)8-13(14)15/h2-8H,9,16H2,1H3. The zero-order valence-corrected chi connectivity index (χ0v) is 10.0. The van der Waals surface area contributed by atoms with E-state index in [1.54, 1.807) is 43.5 Å². The van der Waals surface area contributed by atoms with Crippen molar-refractivity contribution >= 4 is 0 Å². The molecule has 18 heavy (non-hydrogen) atoms. The lowest BCUT2D eigenvalue weighted by Gasteiger charge is -2.08. The Labute approximate surface area is 105 Å². The smallest absolute Gasteiger partial charge is 0.166 e. The summed E-state index contributed by atoms with van der Waals surface area (Å²) in [6.07, 6.45) is 0. The maximum Gasteiger partial charge on any atom is 0.166 e. The van der Waals surface area contributed by atoms with E-state index < -0.39 is 5.82 Å². The van der Waals surface area contributed by atoms with E-state index in [9.17, 15) is 4.39 Å². The average Bonchev–Trinajstić information content (AvgIpc) is 2.42. The van der Waals surface area contributed by atoms with Crippen molar-refractivity contribution < 1.29 is 13.9 Å². The SMILES string of the molecule is COc1ccc(Oc2ccc(CN)cc2F)cc1. The molecular weight excluding hydrogens is 233 g/mol. The van der Waals surface area contributed by atoms with Crippen molar-refractivity contribution in [2.45, 2.75) is 6.54 Å². The summed E-state index contributed by atoms with van der Waals surface area (Å²) in [5.74, 6) is 1.03. The summed E-state index contributed by atoms with van der Waals surface area (Å²) in [6.45, 7) is 0.305. The number of ether oxygens (including phenoxy) is 2. The van der Waals surface area contributed by atoms with Crippen LogP contribution in [0.2, 0.25) is 0 Å². The molecule has 0 aromatic heterocycles. The molecule has 2 rings (SSSR count). The van der Waals surface area contributed by atoms with Gasteiger partial charge >= 0.3 is 0 Å². The Bertz CT molecular complexity index is 526.